The molecule has 2 aromatic rings. The molecule has 3 atom stereocenters. The van der Waals surface area contributed by atoms with E-state index < -0.39 is 30.0 Å². The van der Waals surface area contributed by atoms with E-state index in [1.54, 1.807) is 0 Å². The van der Waals surface area contributed by atoms with E-state index in [9.17, 15) is 29.0 Å². The predicted molar refractivity (Wildman–Crippen MR) is 135 cm³/mol. The Balaban J connectivity index is 1.48. The second-order valence-corrected chi connectivity index (χ2v) is 10.5. The van der Waals surface area contributed by atoms with E-state index in [1.807, 2.05) is 24.3 Å². The minimum absolute atomic E-state index is 0.0471. The SMILES string of the molecule is NC(=O)C(NC(=O)C1CCCCC1c1ccc(C[N+]2(NC(=O)[O-])CCC(O)CC2)cc1)c1ccc(F)cc1. The lowest BCUT2D eigenvalue weighted by Crippen LogP contribution is -2.65. The van der Waals surface area contributed by atoms with Crippen LogP contribution in [-0.4, -0.2) is 46.8 Å². The first-order chi connectivity index (χ1) is 18.2. The van der Waals surface area contributed by atoms with Gasteiger partial charge in [-0.1, -0.05) is 49.2 Å². The molecular weight excluding hydrogens is 491 g/mol. The molecule has 0 spiro atoms. The van der Waals surface area contributed by atoms with Crippen molar-refractivity contribution in [2.24, 2.45) is 11.7 Å². The summed E-state index contributed by atoms with van der Waals surface area (Å²) in [6.07, 6.45) is 2.59. The quantitative estimate of drug-likeness (QED) is 0.388. The van der Waals surface area contributed by atoms with Crippen molar-refractivity contribution >= 4 is 17.9 Å². The van der Waals surface area contributed by atoms with Gasteiger partial charge in [0, 0.05) is 24.3 Å². The van der Waals surface area contributed by atoms with Gasteiger partial charge in [0.15, 0.2) is 6.09 Å². The lowest BCUT2D eigenvalue weighted by atomic mass is 9.74. The lowest BCUT2D eigenvalue weighted by molar-refractivity contribution is -0.980. The van der Waals surface area contributed by atoms with E-state index in [0.717, 1.165) is 30.4 Å². The Kier molecular flexibility index (Phi) is 8.63. The number of nitrogens with one attached hydrogen (secondary N) is 2. The van der Waals surface area contributed by atoms with E-state index >= 15 is 0 Å². The number of carbonyl (C=O) groups is 3. The summed E-state index contributed by atoms with van der Waals surface area (Å²) in [6.45, 7) is 1.36. The summed E-state index contributed by atoms with van der Waals surface area (Å²) in [4.78, 5) is 36.8. The van der Waals surface area contributed by atoms with Crippen molar-refractivity contribution in [2.45, 2.75) is 63.1 Å². The van der Waals surface area contributed by atoms with Gasteiger partial charge in [-0.25, -0.2) is 14.4 Å². The average molecular weight is 527 g/mol. The summed E-state index contributed by atoms with van der Waals surface area (Å²) in [6, 6.07) is 12.1. The van der Waals surface area contributed by atoms with Gasteiger partial charge >= 0.3 is 0 Å². The number of quaternary nitrogens is 1. The normalized spacial score (nSPS) is 26.2. The number of carbonyl (C=O) groups excluding carboxylic acids is 3. The standard InChI is InChI=1S/C28H35FN4O5/c29-21-11-9-20(10-12-21)25(26(30)35)31-27(36)24-4-2-1-3-23(24)19-7-5-18(6-8-19)17-33(32-28(37)38)15-13-22(34)14-16-33/h5-12,22-25,32,34H,1-4,13-17H2,(H3-,30,31,35,36,37,38). The summed E-state index contributed by atoms with van der Waals surface area (Å²) in [5, 5.41) is 24.0. The number of amides is 3. The van der Waals surface area contributed by atoms with Crippen LogP contribution in [0.3, 0.4) is 0 Å². The van der Waals surface area contributed by atoms with Gasteiger partial charge in [-0.15, -0.1) is 0 Å². The van der Waals surface area contributed by atoms with Crippen molar-refractivity contribution in [1.29, 1.82) is 0 Å². The van der Waals surface area contributed by atoms with Crippen LogP contribution in [-0.2, 0) is 16.1 Å². The first-order valence-corrected chi connectivity index (χ1v) is 13.1. The third kappa shape index (κ3) is 6.68. The molecule has 3 amide bonds. The molecule has 204 valence electrons. The number of nitrogens with zero attached hydrogens (tertiary/aromatic N) is 1. The van der Waals surface area contributed by atoms with Gasteiger partial charge in [0.1, 0.15) is 31.5 Å². The number of primary amides is 1. The number of hydrogen-bond donors (Lipinski definition) is 4. The Hall–Kier alpha value is -3.50. The number of benzene rings is 2. The zero-order chi connectivity index (χ0) is 27.3. The highest BCUT2D eigenvalue weighted by Gasteiger charge is 2.36. The number of hydrogen-bond acceptors (Lipinski definition) is 5. The number of aliphatic hydroxyl groups excluding tert-OH is 1. The zero-order valence-electron chi connectivity index (χ0n) is 21.3. The summed E-state index contributed by atoms with van der Waals surface area (Å²) < 4.78 is 13.5. The van der Waals surface area contributed by atoms with Gasteiger partial charge in [-0.2, -0.15) is 0 Å². The molecule has 10 heteroatoms. The third-order valence-corrected chi connectivity index (χ3v) is 7.88. The van der Waals surface area contributed by atoms with E-state index in [-0.39, 0.29) is 22.3 Å². The second-order valence-electron chi connectivity index (χ2n) is 10.5. The smallest absolute Gasteiger partial charge is 0.244 e. The average Bonchev–Trinajstić information content (AvgIpc) is 2.89. The first-order valence-electron chi connectivity index (χ1n) is 13.1. The molecule has 9 nitrogen and oxygen atoms in total. The molecule has 38 heavy (non-hydrogen) atoms. The highest BCUT2D eigenvalue weighted by Crippen LogP contribution is 2.38. The molecule has 0 radical (unpaired) electrons. The molecule has 1 heterocycles. The van der Waals surface area contributed by atoms with Gasteiger partial charge < -0.3 is 26.1 Å². The number of likely N-dealkylation sites (tertiary alicyclic amines) is 1. The third-order valence-electron chi connectivity index (χ3n) is 7.88. The van der Waals surface area contributed by atoms with Crippen LogP contribution >= 0.6 is 0 Å². The van der Waals surface area contributed by atoms with Crippen LogP contribution in [0.25, 0.3) is 0 Å². The number of halogens is 1. The summed E-state index contributed by atoms with van der Waals surface area (Å²) in [5.74, 6) is -1.82. The number of piperidine rings is 1. The van der Waals surface area contributed by atoms with E-state index in [4.69, 9.17) is 5.73 Å². The number of nitrogens with two attached hydrogens (primary N) is 1. The Morgan fingerprint density at radius 1 is 1.00 bits per heavy atom. The van der Waals surface area contributed by atoms with Crippen LogP contribution < -0.4 is 21.6 Å². The molecule has 5 N–H and O–H groups in total. The maximum absolute atomic E-state index is 13.4. The number of carboxylic acid groups (broad SMARTS) is 1. The topological polar surface area (TPSA) is 145 Å². The molecular formula is C28H35FN4O5. The molecule has 1 saturated heterocycles. The zero-order valence-corrected chi connectivity index (χ0v) is 21.3. The Morgan fingerprint density at radius 2 is 1.63 bits per heavy atom. The van der Waals surface area contributed by atoms with Crippen LogP contribution in [0.5, 0.6) is 0 Å². The van der Waals surface area contributed by atoms with Crippen LogP contribution in [0.15, 0.2) is 48.5 Å². The first kappa shape index (κ1) is 27.5. The molecule has 4 rings (SSSR count). The van der Waals surface area contributed by atoms with Gasteiger partial charge in [0.05, 0.1) is 6.10 Å². The Labute approximate surface area is 221 Å². The fourth-order valence-electron chi connectivity index (χ4n) is 5.84. The Morgan fingerprint density at radius 3 is 2.24 bits per heavy atom. The highest BCUT2D eigenvalue weighted by molar-refractivity contribution is 5.89. The molecule has 2 fully saturated rings. The van der Waals surface area contributed by atoms with Gasteiger partial charge in [-0.05, 0) is 42.0 Å². The highest BCUT2D eigenvalue weighted by atomic mass is 19.1. The van der Waals surface area contributed by atoms with E-state index in [1.165, 1.54) is 24.3 Å². The van der Waals surface area contributed by atoms with Crippen molar-refractivity contribution in [1.82, 2.24) is 10.7 Å². The monoisotopic (exact) mass is 526 g/mol. The van der Waals surface area contributed by atoms with Gasteiger partial charge in [-0.3, -0.25) is 9.59 Å². The largest absolute Gasteiger partial charge is 0.526 e. The van der Waals surface area contributed by atoms with E-state index in [2.05, 4.69) is 10.7 Å². The van der Waals surface area contributed by atoms with Gasteiger partial charge in [0.2, 0.25) is 11.8 Å². The second kappa shape index (κ2) is 11.9. The molecule has 1 aliphatic carbocycles. The number of aliphatic hydroxyl groups is 1. The fraction of sp³-hybridized carbons (Fsp3) is 0.464. The maximum atomic E-state index is 13.4. The van der Waals surface area contributed by atoms with Crippen LogP contribution in [0.4, 0.5) is 9.18 Å². The van der Waals surface area contributed by atoms with E-state index in [0.29, 0.717) is 44.5 Å². The van der Waals surface area contributed by atoms with Crippen LogP contribution in [0.1, 0.15) is 67.2 Å². The maximum Gasteiger partial charge on any atom is 0.244 e. The minimum Gasteiger partial charge on any atom is -0.526 e. The molecule has 0 aromatic heterocycles. The van der Waals surface area contributed by atoms with Crippen molar-refractivity contribution in [2.75, 3.05) is 13.1 Å². The van der Waals surface area contributed by atoms with Crippen molar-refractivity contribution in [3.05, 3.63) is 71.0 Å². The summed E-state index contributed by atoms with van der Waals surface area (Å²) >= 11 is 0. The molecule has 1 aliphatic heterocycles. The molecule has 2 aliphatic rings. The number of rotatable bonds is 8. The van der Waals surface area contributed by atoms with Crippen LogP contribution in [0.2, 0.25) is 0 Å². The fourth-order valence-corrected chi connectivity index (χ4v) is 5.84. The molecule has 1 saturated carbocycles. The van der Waals surface area contributed by atoms with Crippen molar-refractivity contribution in [3.8, 4) is 0 Å². The van der Waals surface area contributed by atoms with Crippen LogP contribution in [0, 0.1) is 11.7 Å². The summed E-state index contributed by atoms with van der Waals surface area (Å²) in [5.41, 5.74) is 10.5. The van der Waals surface area contributed by atoms with Crippen molar-refractivity contribution < 1.29 is 33.6 Å². The molecule has 3 unspecified atom stereocenters. The molecule has 2 aromatic carbocycles. The van der Waals surface area contributed by atoms with Gasteiger partial charge in [0.25, 0.3) is 0 Å². The Bertz CT molecular complexity index is 1130. The van der Waals surface area contributed by atoms with Crippen molar-refractivity contribution in [3.63, 3.8) is 0 Å². The lowest BCUT2D eigenvalue weighted by Gasteiger charge is -2.42. The minimum atomic E-state index is -1.34. The summed E-state index contributed by atoms with van der Waals surface area (Å²) in [7, 11) is 0. The predicted octanol–water partition coefficient (Wildman–Crippen LogP) is 1.76. The molecule has 0 bridgehead atoms.